The zero-order chi connectivity index (χ0) is 12.3. The van der Waals surface area contributed by atoms with Crippen molar-refractivity contribution >= 4 is 15.8 Å². The molecular weight excluding hydrogens is 238 g/mol. The molecule has 0 aliphatic carbocycles. The van der Waals surface area contributed by atoms with Crippen molar-refractivity contribution in [2.75, 3.05) is 14.2 Å². The van der Waals surface area contributed by atoms with Crippen LogP contribution in [0.25, 0.3) is 0 Å². The first-order valence-corrected chi connectivity index (χ1v) is 5.46. The number of hydrogen-bond acceptors (Lipinski definition) is 6. The highest BCUT2D eigenvalue weighted by Crippen LogP contribution is 2.29. The third kappa shape index (κ3) is 2.28. The maximum Gasteiger partial charge on any atom is 0.310 e. The van der Waals surface area contributed by atoms with Crippen LogP contribution in [0.5, 0.6) is 5.75 Å². The Morgan fingerprint density at radius 2 is 1.94 bits per heavy atom. The molecule has 0 spiro atoms. The lowest BCUT2D eigenvalue weighted by Crippen LogP contribution is -2.04. The summed E-state index contributed by atoms with van der Waals surface area (Å²) in [6, 6.07) is 3.17. The fourth-order valence-corrected chi connectivity index (χ4v) is 1.74. The molecule has 0 unspecified atom stereocenters. The second kappa shape index (κ2) is 4.45. The normalized spacial score (nSPS) is 11.1. The molecule has 0 amide bonds. The molecule has 0 fully saturated rings. The third-order valence-electron chi connectivity index (χ3n) is 1.86. The van der Waals surface area contributed by atoms with Gasteiger partial charge in [0.25, 0.3) is 10.1 Å². The highest BCUT2D eigenvalue weighted by atomic mass is 32.2. The molecule has 0 heterocycles. The Morgan fingerprint density at radius 3 is 2.38 bits per heavy atom. The van der Waals surface area contributed by atoms with E-state index in [0.29, 0.717) is 0 Å². The van der Waals surface area contributed by atoms with Crippen LogP contribution in [0.4, 0.5) is 5.69 Å². The van der Waals surface area contributed by atoms with Gasteiger partial charge in [-0.3, -0.25) is 14.3 Å². The Kier molecular flexibility index (Phi) is 3.45. The average molecular weight is 247 g/mol. The molecule has 1 aromatic carbocycles. The number of rotatable bonds is 4. The topological polar surface area (TPSA) is 95.7 Å². The van der Waals surface area contributed by atoms with Crippen LogP contribution in [-0.4, -0.2) is 27.6 Å². The summed E-state index contributed by atoms with van der Waals surface area (Å²) < 4.78 is 31.6. The predicted octanol–water partition coefficient (Wildman–Crippen LogP) is 0.938. The molecule has 88 valence electrons. The van der Waals surface area contributed by atoms with Crippen molar-refractivity contribution in [1.82, 2.24) is 0 Å². The number of nitro benzene ring substituents is 1. The second-order valence-electron chi connectivity index (χ2n) is 2.71. The van der Waals surface area contributed by atoms with E-state index in [4.69, 9.17) is 4.74 Å². The molecule has 0 bridgehead atoms. The minimum absolute atomic E-state index is 0.136. The van der Waals surface area contributed by atoms with Gasteiger partial charge >= 0.3 is 5.69 Å². The van der Waals surface area contributed by atoms with Gasteiger partial charge in [-0.2, -0.15) is 8.42 Å². The van der Waals surface area contributed by atoms with Crippen molar-refractivity contribution in [3.63, 3.8) is 0 Å². The highest BCUT2D eigenvalue weighted by molar-refractivity contribution is 7.86. The largest absolute Gasteiger partial charge is 0.490 e. The standard InChI is InChI=1S/C8H9NO6S/c1-14-8-5-6(16(12,13)15-2)3-4-7(8)9(10)11/h3-5H,1-2H3. The van der Waals surface area contributed by atoms with E-state index in [2.05, 4.69) is 4.18 Å². The molecule has 1 rings (SSSR count). The number of ether oxygens (including phenoxy) is 1. The summed E-state index contributed by atoms with van der Waals surface area (Å²) in [7, 11) is -1.66. The zero-order valence-corrected chi connectivity index (χ0v) is 9.35. The molecular formula is C8H9NO6S. The number of nitro groups is 1. The zero-order valence-electron chi connectivity index (χ0n) is 8.54. The van der Waals surface area contributed by atoms with Gasteiger partial charge in [0.1, 0.15) is 0 Å². The molecule has 0 saturated heterocycles. The van der Waals surface area contributed by atoms with E-state index >= 15 is 0 Å². The summed E-state index contributed by atoms with van der Waals surface area (Å²) in [4.78, 5) is 9.69. The minimum Gasteiger partial charge on any atom is -0.490 e. The van der Waals surface area contributed by atoms with Crippen molar-refractivity contribution in [3.05, 3.63) is 28.3 Å². The van der Waals surface area contributed by atoms with Crippen molar-refractivity contribution in [2.24, 2.45) is 0 Å². The van der Waals surface area contributed by atoms with Crippen LogP contribution in [0.15, 0.2) is 23.1 Å². The van der Waals surface area contributed by atoms with Crippen LogP contribution in [0, 0.1) is 10.1 Å². The van der Waals surface area contributed by atoms with Crippen LogP contribution < -0.4 is 4.74 Å². The summed E-state index contributed by atoms with van der Waals surface area (Å²) in [6.07, 6.45) is 0. The number of methoxy groups -OCH3 is 1. The van der Waals surface area contributed by atoms with Crippen molar-refractivity contribution in [1.29, 1.82) is 0 Å². The molecule has 0 aliphatic heterocycles. The summed E-state index contributed by atoms with van der Waals surface area (Å²) >= 11 is 0. The van der Waals surface area contributed by atoms with Gasteiger partial charge in [-0.1, -0.05) is 0 Å². The number of benzene rings is 1. The van der Waals surface area contributed by atoms with E-state index in [0.717, 1.165) is 25.3 Å². The van der Waals surface area contributed by atoms with Gasteiger partial charge in [-0.15, -0.1) is 0 Å². The Balaban J connectivity index is 3.35. The first kappa shape index (κ1) is 12.4. The monoisotopic (exact) mass is 247 g/mol. The summed E-state index contributed by atoms with van der Waals surface area (Å²) in [6.45, 7) is 0. The fraction of sp³-hybridized carbons (Fsp3) is 0.250. The van der Waals surface area contributed by atoms with Crippen LogP contribution >= 0.6 is 0 Å². The molecule has 7 nitrogen and oxygen atoms in total. The molecule has 8 heteroatoms. The first-order valence-electron chi connectivity index (χ1n) is 4.05. The summed E-state index contributed by atoms with van der Waals surface area (Å²) in [5, 5.41) is 10.6. The van der Waals surface area contributed by atoms with Crippen molar-refractivity contribution in [2.45, 2.75) is 4.90 Å². The van der Waals surface area contributed by atoms with Gasteiger partial charge in [-0.25, -0.2) is 0 Å². The predicted molar refractivity (Wildman–Crippen MR) is 53.8 cm³/mol. The van der Waals surface area contributed by atoms with Crippen LogP contribution in [0.3, 0.4) is 0 Å². The van der Waals surface area contributed by atoms with Crippen LogP contribution in [0.2, 0.25) is 0 Å². The first-order chi connectivity index (χ1) is 7.42. The SMILES string of the molecule is COc1cc(S(=O)(=O)OC)ccc1[N+](=O)[O-]. The van der Waals surface area contributed by atoms with Gasteiger partial charge in [0.2, 0.25) is 0 Å². The molecule has 0 aliphatic rings. The molecule has 16 heavy (non-hydrogen) atoms. The maximum atomic E-state index is 11.3. The van der Waals surface area contributed by atoms with Gasteiger partial charge in [0.15, 0.2) is 5.75 Å². The minimum atomic E-state index is -3.88. The molecule has 1 aromatic rings. The Hall–Kier alpha value is -1.67. The number of hydrogen-bond donors (Lipinski definition) is 0. The average Bonchev–Trinajstić information content (AvgIpc) is 2.27. The second-order valence-corrected chi connectivity index (χ2v) is 4.42. The summed E-state index contributed by atoms with van der Waals surface area (Å²) in [5.41, 5.74) is -0.308. The maximum absolute atomic E-state index is 11.3. The van der Waals surface area contributed by atoms with E-state index in [1.165, 1.54) is 7.11 Å². The Bertz CT molecular complexity index is 509. The van der Waals surface area contributed by atoms with E-state index in [1.54, 1.807) is 0 Å². The lowest BCUT2D eigenvalue weighted by molar-refractivity contribution is -0.385. The molecule has 0 atom stereocenters. The lowest BCUT2D eigenvalue weighted by Gasteiger charge is -2.04. The van der Waals surface area contributed by atoms with Gasteiger partial charge in [0.05, 0.1) is 24.0 Å². The molecule has 0 aromatic heterocycles. The number of nitrogens with zero attached hydrogens (tertiary/aromatic N) is 1. The smallest absolute Gasteiger partial charge is 0.310 e. The van der Waals surface area contributed by atoms with Crippen LogP contribution in [0.1, 0.15) is 0 Å². The Morgan fingerprint density at radius 1 is 1.31 bits per heavy atom. The Labute approximate surface area is 91.9 Å². The highest BCUT2D eigenvalue weighted by Gasteiger charge is 2.20. The van der Waals surface area contributed by atoms with E-state index in [-0.39, 0.29) is 16.3 Å². The van der Waals surface area contributed by atoms with Gasteiger partial charge < -0.3 is 4.74 Å². The third-order valence-corrected chi connectivity index (χ3v) is 3.13. The lowest BCUT2D eigenvalue weighted by atomic mass is 10.3. The van der Waals surface area contributed by atoms with Gasteiger partial charge in [0, 0.05) is 12.1 Å². The van der Waals surface area contributed by atoms with Crippen molar-refractivity contribution < 1.29 is 22.3 Å². The van der Waals surface area contributed by atoms with Crippen LogP contribution in [-0.2, 0) is 14.3 Å². The molecule has 0 radical (unpaired) electrons. The van der Waals surface area contributed by atoms with E-state index in [1.807, 2.05) is 0 Å². The molecule has 0 N–H and O–H groups in total. The van der Waals surface area contributed by atoms with Crippen molar-refractivity contribution in [3.8, 4) is 5.75 Å². The fourth-order valence-electron chi connectivity index (χ4n) is 1.06. The quantitative estimate of drug-likeness (QED) is 0.446. The molecule has 0 saturated carbocycles. The summed E-state index contributed by atoms with van der Waals surface area (Å²) in [5.74, 6) is -0.136. The van der Waals surface area contributed by atoms with Gasteiger partial charge in [-0.05, 0) is 6.07 Å². The van der Waals surface area contributed by atoms with E-state index in [9.17, 15) is 18.5 Å². The van der Waals surface area contributed by atoms with E-state index < -0.39 is 15.0 Å².